The molecule has 0 aromatic heterocycles. The second-order valence-corrected chi connectivity index (χ2v) is 5.69. The van der Waals surface area contributed by atoms with Crippen molar-refractivity contribution in [2.24, 2.45) is 0 Å². The van der Waals surface area contributed by atoms with Gasteiger partial charge in [-0.15, -0.1) is 0 Å². The van der Waals surface area contributed by atoms with Crippen molar-refractivity contribution in [2.75, 3.05) is 32.4 Å². The van der Waals surface area contributed by atoms with Crippen molar-refractivity contribution < 1.29 is 33.3 Å². The van der Waals surface area contributed by atoms with E-state index in [2.05, 4.69) is 10.6 Å². The van der Waals surface area contributed by atoms with Gasteiger partial charge >= 0.3 is 5.97 Å². The highest BCUT2D eigenvalue weighted by Crippen LogP contribution is 2.32. The Balaban J connectivity index is 1.41. The van der Waals surface area contributed by atoms with Crippen LogP contribution in [0.4, 0.5) is 5.69 Å². The number of anilines is 1. The minimum Gasteiger partial charge on any atom is -0.497 e. The molecule has 9 nitrogen and oxygen atoms in total. The van der Waals surface area contributed by atoms with Gasteiger partial charge in [-0.2, -0.15) is 0 Å². The van der Waals surface area contributed by atoms with Crippen molar-refractivity contribution in [3.63, 3.8) is 0 Å². The lowest BCUT2D eigenvalue weighted by atomic mass is 10.2. The number of amides is 2. The maximum absolute atomic E-state index is 12.1. The van der Waals surface area contributed by atoms with Crippen LogP contribution < -0.4 is 24.8 Å². The van der Waals surface area contributed by atoms with Crippen molar-refractivity contribution in [3.05, 3.63) is 48.0 Å². The van der Waals surface area contributed by atoms with Gasteiger partial charge in [0, 0.05) is 17.3 Å². The maximum Gasteiger partial charge on any atom is 0.325 e. The van der Waals surface area contributed by atoms with Gasteiger partial charge in [0.25, 0.3) is 11.8 Å². The molecule has 2 aromatic carbocycles. The third-order valence-electron chi connectivity index (χ3n) is 3.75. The van der Waals surface area contributed by atoms with Gasteiger partial charge in [-0.25, -0.2) is 0 Å². The molecule has 0 atom stereocenters. The van der Waals surface area contributed by atoms with Gasteiger partial charge in [-0.05, 0) is 30.3 Å². The van der Waals surface area contributed by atoms with Crippen LogP contribution in [0.25, 0.3) is 0 Å². The molecule has 0 radical (unpaired) electrons. The summed E-state index contributed by atoms with van der Waals surface area (Å²) in [7, 11) is 1.51. The number of hydrogen-bond acceptors (Lipinski definition) is 7. The molecule has 1 aliphatic rings. The Kier molecular flexibility index (Phi) is 5.95. The third-order valence-corrected chi connectivity index (χ3v) is 3.75. The van der Waals surface area contributed by atoms with Crippen LogP contribution in [0.5, 0.6) is 17.2 Å². The first-order chi connectivity index (χ1) is 13.5. The molecule has 2 amide bonds. The van der Waals surface area contributed by atoms with Crippen LogP contribution in [-0.2, 0) is 14.3 Å². The monoisotopic (exact) mass is 386 g/mol. The van der Waals surface area contributed by atoms with Gasteiger partial charge in [-0.1, -0.05) is 6.07 Å². The Morgan fingerprint density at radius 3 is 2.71 bits per heavy atom. The lowest BCUT2D eigenvalue weighted by Crippen LogP contribution is -2.32. The number of rotatable bonds is 7. The second-order valence-electron chi connectivity index (χ2n) is 5.69. The number of methoxy groups -OCH3 is 1. The SMILES string of the molecule is COc1cccc(NC(=O)COC(=O)CNC(=O)c2ccc3c(c2)OCO3)c1. The molecule has 0 fully saturated rings. The van der Waals surface area contributed by atoms with E-state index < -0.39 is 24.4 Å². The average Bonchev–Trinajstić information content (AvgIpc) is 3.18. The number of fused-ring (bicyclic) bond motifs is 1. The number of ether oxygens (including phenoxy) is 4. The fraction of sp³-hybridized carbons (Fsp3) is 0.211. The number of esters is 1. The summed E-state index contributed by atoms with van der Waals surface area (Å²) in [4.78, 5) is 35.7. The van der Waals surface area contributed by atoms with Crippen molar-refractivity contribution in [1.29, 1.82) is 0 Å². The van der Waals surface area contributed by atoms with Gasteiger partial charge in [0.15, 0.2) is 18.1 Å². The zero-order valence-electron chi connectivity index (χ0n) is 15.0. The van der Waals surface area contributed by atoms with Gasteiger partial charge in [-0.3, -0.25) is 14.4 Å². The van der Waals surface area contributed by atoms with E-state index in [0.29, 0.717) is 28.5 Å². The highest BCUT2D eigenvalue weighted by Gasteiger charge is 2.17. The molecule has 0 aliphatic carbocycles. The third kappa shape index (κ3) is 4.91. The minimum atomic E-state index is -0.741. The lowest BCUT2D eigenvalue weighted by Gasteiger charge is -2.08. The Morgan fingerprint density at radius 2 is 1.89 bits per heavy atom. The van der Waals surface area contributed by atoms with Crippen LogP contribution >= 0.6 is 0 Å². The van der Waals surface area contributed by atoms with Gasteiger partial charge in [0.2, 0.25) is 6.79 Å². The number of carbonyl (C=O) groups excluding carboxylic acids is 3. The zero-order valence-corrected chi connectivity index (χ0v) is 15.0. The summed E-state index contributed by atoms with van der Waals surface area (Å²) < 4.78 is 20.3. The van der Waals surface area contributed by atoms with Crippen LogP contribution in [-0.4, -0.2) is 44.8 Å². The number of carbonyl (C=O) groups is 3. The summed E-state index contributed by atoms with van der Waals surface area (Å²) in [5.74, 6) is -0.127. The Bertz CT molecular complexity index is 898. The van der Waals surface area contributed by atoms with E-state index >= 15 is 0 Å². The maximum atomic E-state index is 12.1. The Morgan fingerprint density at radius 1 is 1.07 bits per heavy atom. The molecule has 1 aliphatic heterocycles. The Hall–Kier alpha value is -3.75. The first-order valence-corrected chi connectivity index (χ1v) is 8.32. The molecular formula is C19H18N2O7. The molecule has 9 heteroatoms. The summed E-state index contributed by atoms with van der Waals surface area (Å²) in [5.41, 5.74) is 0.823. The summed E-state index contributed by atoms with van der Waals surface area (Å²) >= 11 is 0. The standard InChI is InChI=1S/C19H18N2O7/c1-25-14-4-2-3-13(8-14)21-17(22)10-26-18(23)9-20-19(24)12-5-6-15-16(7-12)28-11-27-15/h2-8H,9-11H2,1H3,(H,20,24)(H,21,22). The molecule has 3 rings (SSSR count). The van der Waals surface area contributed by atoms with E-state index in [1.54, 1.807) is 36.4 Å². The number of hydrogen-bond donors (Lipinski definition) is 2. The predicted molar refractivity (Wildman–Crippen MR) is 97.5 cm³/mol. The van der Waals surface area contributed by atoms with Crippen molar-refractivity contribution in [3.8, 4) is 17.2 Å². The largest absolute Gasteiger partial charge is 0.497 e. The summed E-state index contributed by atoms with van der Waals surface area (Å²) in [6.45, 7) is -0.750. The topological polar surface area (TPSA) is 112 Å². The van der Waals surface area contributed by atoms with E-state index in [4.69, 9.17) is 18.9 Å². The molecule has 0 saturated heterocycles. The van der Waals surface area contributed by atoms with E-state index in [-0.39, 0.29) is 13.3 Å². The fourth-order valence-electron chi connectivity index (χ4n) is 2.39. The van der Waals surface area contributed by atoms with E-state index in [0.717, 1.165) is 0 Å². The lowest BCUT2D eigenvalue weighted by molar-refractivity contribution is -0.146. The summed E-state index contributed by atoms with van der Waals surface area (Å²) in [6, 6.07) is 11.4. The highest BCUT2D eigenvalue weighted by molar-refractivity contribution is 5.97. The van der Waals surface area contributed by atoms with Crippen molar-refractivity contribution in [1.82, 2.24) is 5.32 Å². The van der Waals surface area contributed by atoms with Crippen LogP contribution in [0, 0.1) is 0 Å². The van der Waals surface area contributed by atoms with Crippen LogP contribution in [0.15, 0.2) is 42.5 Å². The van der Waals surface area contributed by atoms with E-state index in [9.17, 15) is 14.4 Å². The molecular weight excluding hydrogens is 368 g/mol. The molecule has 0 saturated carbocycles. The molecule has 0 spiro atoms. The van der Waals surface area contributed by atoms with E-state index in [1.165, 1.54) is 13.2 Å². The highest BCUT2D eigenvalue weighted by atomic mass is 16.7. The van der Waals surface area contributed by atoms with Crippen LogP contribution in [0.3, 0.4) is 0 Å². The van der Waals surface area contributed by atoms with Crippen molar-refractivity contribution >= 4 is 23.5 Å². The normalized spacial score (nSPS) is 11.5. The molecule has 28 heavy (non-hydrogen) atoms. The summed E-state index contributed by atoms with van der Waals surface area (Å²) in [6.07, 6.45) is 0. The molecule has 146 valence electrons. The molecule has 2 N–H and O–H groups in total. The molecule has 2 aromatic rings. The average molecular weight is 386 g/mol. The fourth-order valence-corrected chi connectivity index (χ4v) is 2.39. The summed E-state index contributed by atoms with van der Waals surface area (Å²) in [5, 5.41) is 5.00. The second kappa shape index (κ2) is 8.76. The predicted octanol–water partition coefficient (Wildman–Crippen LogP) is 1.34. The zero-order chi connectivity index (χ0) is 19.9. The molecule has 0 unspecified atom stereocenters. The Labute approximate surface area is 160 Å². The van der Waals surface area contributed by atoms with E-state index in [1.807, 2.05) is 0 Å². The number of benzene rings is 2. The van der Waals surface area contributed by atoms with Crippen LogP contribution in [0.1, 0.15) is 10.4 Å². The van der Waals surface area contributed by atoms with Crippen molar-refractivity contribution in [2.45, 2.75) is 0 Å². The van der Waals surface area contributed by atoms with Crippen LogP contribution in [0.2, 0.25) is 0 Å². The minimum absolute atomic E-state index is 0.102. The quantitative estimate of drug-likeness (QED) is 0.691. The smallest absolute Gasteiger partial charge is 0.325 e. The molecule has 0 bridgehead atoms. The first-order valence-electron chi connectivity index (χ1n) is 8.32. The van der Waals surface area contributed by atoms with Gasteiger partial charge < -0.3 is 29.6 Å². The number of nitrogens with one attached hydrogen (secondary N) is 2. The first kappa shape index (κ1) is 19.0. The van der Waals surface area contributed by atoms with Gasteiger partial charge in [0.1, 0.15) is 12.3 Å². The van der Waals surface area contributed by atoms with Gasteiger partial charge in [0.05, 0.1) is 7.11 Å². The molecule has 1 heterocycles.